The molecule has 8 heteroatoms. The Morgan fingerprint density at radius 1 is 1.38 bits per heavy atom. The van der Waals surface area contributed by atoms with Gasteiger partial charge in [0, 0.05) is 35.4 Å². The summed E-state index contributed by atoms with van der Waals surface area (Å²) in [5, 5.41) is 6.57. The monoisotopic (exact) mass is 378 g/mol. The van der Waals surface area contributed by atoms with Crippen LogP contribution >= 0.6 is 34.7 Å². The summed E-state index contributed by atoms with van der Waals surface area (Å²) in [5.74, 6) is -0.0972. The van der Waals surface area contributed by atoms with Crippen LogP contribution < -0.4 is 5.32 Å². The Morgan fingerprint density at radius 3 is 2.79 bits per heavy atom. The van der Waals surface area contributed by atoms with Crippen molar-refractivity contribution >= 4 is 45.7 Å². The second-order valence-electron chi connectivity index (χ2n) is 5.11. The SMILES string of the molecule is CC(Sc1nccn1C)C(=O)Nc1nc(-c2ccc(Cl)cc2)cs1. The molecule has 0 aliphatic rings. The summed E-state index contributed by atoms with van der Waals surface area (Å²) < 4.78 is 1.89. The molecule has 1 atom stereocenters. The Labute approximate surface area is 153 Å². The fraction of sp³-hybridized carbons (Fsp3) is 0.188. The lowest BCUT2D eigenvalue weighted by Gasteiger charge is -2.09. The number of carbonyl (C=O) groups is 1. The maximum Gasteiger partial charge on any atom is 0.239 e. The van der Waals surface area contributed by atoms with Crippen molar-refractivity contribution in [3.05, 3.63) is 47.1 Å². The van der Waals surface area contributed by atoms with Gasteiger partial charge in [-0.25, -0.2) is 9.97 Å². The summed E-state index contributed by atoms with van der Waals surface area (Å²) in [4.78, 5) is 21.0. The normalized spacial score (nSPS) is 12.1. The molecule has 24 heavy (non-hydrogen) atoms. The van der Waals surface area contributed by atoms with Crippen molar-refractivity contribution in [1.29, 1.82) is 0 Å². The van der Waals surface area contributed by atoms with Crippen LogP contribution in [-0.2, 0) is 11.8 Å². The number of rotatable bonds is 5. The summed E-state index contributed by atoms with van der Waals surface area (Å²) >= 11 is 8.70. The maximum absolute atomic E-state index is 12.3. The van der Waals surface area contributed by atoms with Gasteiger partial charge in [-0.1, -0.05) is 35.5 Å². The van der Waals surface area contributed by atoms with E-state index in [1.807, 2.05) is 54.4 Å². The highest BCUT2D eigenvalue weighted by molar-refractivity contribution is 8.00. The van der Waals surface area contributed by atoms with Gasteiger partial charge >= 0.3 is 0 Å². The minimum atomic E-state index is -0.269. The van der Waals surface area contributed by atoms with Gasteiger partial charge in [0.1, 0.15) is 0 Å². The van der Waals surface area contributed by atoms with Crippen molar-refractivity contribution in [3.63, 3.8) is 0 Å². The minimum absolute atomic E-state index is 0.0972. The molecule has 0 aliphatic heterocycles. The van der Waals surface area contributed by atoms with Crippen LogP contribution in [0.25, 0.3) is 11.3 Å². The average Bonchev–Trinajstić information content (AvgIpc) is 3.18. The molecule has 124 valence electrons. The van der Waals surface area contributed by atoms with Gasteiger partial charge in [0.2, 0.25) is 5.91 Å². The molecule has 3 aromatic rings. The second kappa shape index (κ2) is 7.38. The van der Waals surface area contributed by atoms with Crippen LogP contribution in [0, 0.1) is 0 Å². The average molecular weight is 379 g/mol. The van der Waals surface area contributed by atoms with Crippen molar-refractivity contribution in [2.75, 3.05) is 5.32 Å². The first-order chi connectivity index (χ1) is 11.5. The van der Waals surface area contributed by atoms with E-state index in [9.17, 15) is 4.79 Å². The third kappa shape index (κ3) is 3.98. The molecular formula is C16H15ClN4OS2. The van der Waals surface area contributed by atoms with Gasteiger partial charge in [-0.15, -0.1) is 11.3 Å². The zero-order valence-electron chi connectivity index (χ0n) is 13.1. The first kappa shape index (κ1) is 17.0. The lowest BCUT2D eigenvalue weighted by Crippen LogP contribution is -2.22. The zero-order chi connectivity index (χ0) is 17.1. The number of halogens is 1. The van der Waals surface area contributed by atoms with E-state index in [0.29, 0.717) is 10.2 Å². The van der Waals surface area contributed by atoms with Crippen molar-refractivity contribution in [3.8, 4) is 11.3 Å². The number of hydrogen-bond donors (Lipinski definition) is 1. The van der Waals surface area contributed by atoms with E-state index < -0.39 is 0 Å². The number of nitrogens with zero attached hydrogens (tertiary/aromatic N) is 3. The van der Waals surface area contributed by atoms with Crippen LogP contribution in [-0.4, -0.2) is 25.7 Å². The van der Waals surface area contributed by atoms with Gasteiger partial charge in [0.15, 0.2) is 10.3 Å². The van der Waals surface area contributed by atoms with E-state index in [4.69, 9.17) is 11.6 Å². The van der Waals surface area contributed by atoms with Crippen LogP contribution in [0.4, 0.5) is 5.13 Å². The van der Waals surface area contributed by atoms with Crippen molar-refractivity contribution < 1.29 is 4.79 Å². The van der Waals surface area contributed by atoms with Gasteiger partial charge < -0.3 is 9.88 Å². The van der Waals surface area contributed by atoms with E-state index in [-0.39, 0.29) is 11.2 Å². The first-order valence-electron chi connectivity index (χ1n) is 7.19. The molecule has 1 amide bonds. The van der Waals surface area contributed by atoms with Crippen LogP contribution in [0.1, 0.15) is 6.92 Å². The Balaban J connectivity index is 1.64. The number of thioether (sulfide) groups is 1. The maximum atomic E-state index is 12.3. The number of aryl methyl sites for hydroxylation is 1. The summed E-state index contributed by atoms with van der Waals surface area (Å²) in [6.07, 6.45) is 3.57. The number of nitrogens with one attached hydrogen (secondary N) is 1. The molecule has 2 heterocycles. The summed E-state index contributed by atoms with van der Waals surface area (Å²) in [6.45, 7) is 1.85. The van der Waals surface area contributed by atoms with Crippen LogP contribution in [0.3, 0.4) is 0 Å². The number of carbonyl (C=O) groups excluding carboxylic acids is 1. The molecule has 0 fully saturated rings. The van der Waals surface area contributed by atoms with Crippen LogP contribution in [0.15, 0.2) is 47.2 Å². The molecule has 0 saturated heterocycles. The topological polar surface area (TPSA) is 59.8 Å². The van der Waals surface area contributed by atoms with E-state index >= 15 is 0 Å². The van der Waals surface area contributed by atoms with Crippen LogP contribution in [0.5, 0.6) is 0 Å². The number of hydrogen-bond acceptors (Lipinski definition) is 5. The predicted molar refractivity (Wildman–Crippen MR) is 99.7 cm³/mol. The van der Waals surface area contributed by atoms with Gasteiger partial charge in [0.25, 0.3) is 0 Å². The molecule has 1 aromatic carbocycles. The number of imidazole rings is 1. The van der Waals surface area contributed by atoms with E-state index in [2.05, 4.69) is 15.3 Å². The molecule has 0 aliphatic carbocycles. The fourth-order valence-electron chi connectivity index (χ4n) is 1.97. The van der Waals surface area contributed by atoms with Crippen molar-refractivity contribution in [2.45, 2.75) is 17.3 Å². The highest BCUT2D eigenvalue weighted by atomic mass is 35.5. The molecule has 2 aromatic heterocycles. The molecule has 1 unspecified atom stereocenters. The van der Waals surface area contributed by atoms with E-state index in [0.717, 1.165) is 16.4 Å². The third-order valence-electron chi connectivity index (χ3n) is 3.30. The van der Waals surface area contributed by atoms with E-state index in [1.54, 1.807) is 6.20 Å². The zero-order valence-corrected chi connectivity index (χ0v) is 15.5. The standard InChI is InChI=1S/C16H15ClN4OS2/c1-10(24-16-18-7-8-21(16)2)14(22)20-15-19-13(9-23-15)11-3-5-12(17)6-4-11/h3-10H,1-2H3,(H,19,20,22). The number of benzene rings is 1. The molecule has 3 rings (SSSR count). The lowest BCUT2D eigenvalue weighted by molar-refractivity contribution is -0.115. The summed E-state index contributed by atoms with van der Waals surface area (Å²) in [5.41, 5.74) is 1.78. The van der Waals surface area contributed by atoms with Crippen LogP contribution in [0.2, 0.25) is 5.02 Å². The number of anilines is 1. The number of aromatic nitrogens is 3. The minimum Gasteiger partial charge on any atom is -0.329 e. The molecule has 0 bridgehead atoms. The lowest BCUT2D eigenvalue weighted by atomic mass is 10.2. The van der Waals surface area contributed by atoms with Gasteiger partial charge in [-0.2, -0.15) is 0 Å². The van der Waals surface area contributed by atoms with Crippen molar-refractivity contribution in [1.82, 2.24) is 14.5 Å². The highest BCUT2D eigenvalue weighted by Gasteiger charge is 2.18. The smallest absolute Gasteiger partial charge is 0.239 e. The Morgan fingerprint density at radius 2 is 2.12 bits per heavy atom. The second-order valence-corrected chi connectivity index (χ2v) is 7.72. The molecular weight excluding hydrogens is 364 g/mol. The summed E-state index contributed by atoms with van der Waals surface area (Å²) in [7, 11) is 1.90. The summed E-state index contributed by atoms with van der Waals surface area (Å²) in [6, 6.07) is 7.45. The molecule has 0 radical (unpaired) electrons. The van der Waals surface area contributed by atoms with Crippen molar-refractivity contribution in [2.24, 2.45) is 7.05 Å². The third-order valence-corrected chi connectivity index (χ3v) is 5.48. The Bertz CT molecular complexity index is 844. The Hall–Kier alpha value is -1.83. The van der Waals surface area contributed by atoms with Gasteiger partial charge in [-0.3, -0.25) is 4.79 Å². The Kier molecular flexibility index (Phi) is 5.23. The molecule has 0 saturated carbocycles. The fourth-order valence-corrected chi connectivity index (χ4v) is 3.65. The van der Waals surface area contributed by atoms with Gasteiger partial charge in [0.05, 0.1) is 10.9 Å². The van der Waals surface area contributed by atoms with Gasteiger partial charge in [-0.05, 0) is 19.1 Å². The molecule has 5 nitrogen and oxygen atoms in total. The largest absolute Gasteiger partial charge is 0.329 e. The predicted octanol–water partition coefficient (Wildman–Crippen LogP) is 4.32. The highest BCUT2D eigenvalue weighted by Crippen LogP contribution is 2.27. The number of amides is 1. The number of thiazole rings is 1. The first-order valence-corrected chi connectivity index (χ1v) is 9.33. The molecule has 1 N–H and O–H groups in total. The molecule has 0 spiro atoms. The van der Waals surface area contributed by atoms with E-state index in [1.165, 1.54) is 23.1 Å². The quantitative estimate of drug-likeness (QED) is 0.672.